The van der Waals surface area contributed by atoms with Crippen LogP contribution >= 0.6 is 0 Å². The van der Waals surface area contributed by atoms with Gasteiger partial charge in [-0.2, -0.15) is 0 Å². The monoisotopic (exact) mass is 454 g/mol. The van der Waals surface area contributed by atoms with E-state index in [2.05, 4.69) is 17.5 Å². The molecule has 172 valence electrons. The van der Waals surface area contributed by atoms with E-state index < -0.39 is 11.9 Å². The quantitative estimate of drug-likeness (QED) is 0.411. The van der Waals surface area contributed by atoms with E-state index in [-0.39, 0.29) is 47.7 Å². The lowest BCUT2D eigenvalue weighted by Gasteiger charge is -2.37. The van der Waals surface area contributed by atoms with Gasteiger partial charge in [0.1, 0.15) is 6.04 Å². The number of carbonyl (C=O) groups excluding carboxylic acids is 4. The minimum absolute atomic E-state index is 0.0583. The van der Waals surface area contributed by atoms with Crippen molar-refractivity contribution in [3.05, 3.63) is 77.9 Å². The third-order valence-electron chi connectivity index (χ3n) is 8.14. The normalized spacial score (nSPS) is 31.1. The van der Waals surface area contributed by atoms with Crippen molar-refractivity contribution in [3.8, 4) is 0 Å². The second-order valence-electron chi connectivity index (χ2n) is 10.0. The van der Waals surface area contributed by atoms with E-state index in [4.69, 9.17) is 0 Å². The van der Waals surface area contributed by atoms with E-state index in [1.807, 2.05) is 30.3 Å². The average molecular weight is 455 g/mol. The van der Waals surface area contributed by atoms with Crippen molar-refractivity contribution >= 4 is 29.2 Å². The third-order valence-corrected chi connectivity index (χ3v) is 8.14. The summed E-state index contributed by atoms with van der Waals surface area (Å²) in [5.74, 6) is -0.308. The first-order valence-corrected chi connectivity index (χ1v) is 11.9. The topological polar surface area (TPSA) is 83.6 Å². The van der Waals surface area contributed by atoms with Gasteiger partial charge < -0.3 is 5.32 Å². The number of nitrogens with zero attached hydrogens (tertiary/aromatic N) is 1. The molecule has 1 aliphatic heterocycles. The summed E-state index contributed by atoms with van der Waals surface area (Å²) in [6, 6.07) is 15.2. The van der Waals surface area contributed by atoms with Crippen LogP contribution in [0, 0.1) is 35.5 Å². The summed E-state index contributed by atoms with van der Waals surface area (Å²) in [7, 11) is 0. The van der Waals surface area contributed by atoms with Crippen LogP contribution in [0.25, 0.3) is 0 Å². The Morgan fingerprint density at radius 1 is 0.912 bits per heavy atom. The van der Waals surface area contributed by atoms with Crippen molar-refractivity contribution in [1.29, 1.82) is 0 Å². The Bertz CT molecular complexity index is 1180. The highest BCUT2D eigenvalue weighted by molar-refractivity contribution is 6.11. The second kappa shape index (κ2) is 7.76. The number of carbonyl (C=O) groups is 4. The van der Waals surface area contributed by atoms with Crippen molar-refractivity contribution in [2.45, 2.75) is 25.8 Å². The molecule has 0 unspecified atom stereocenters. The molecule has 6 heteroatoms. The van der Waals surface area contributed by atoms with Crippen LogP contribution in [-0.2, 0) is 20.8 Å². The number of benzene rings is 2. The first-order chi connectivity index (χ1) is 16.4. The summed E-state index contributed by atoms with van der Waals surface area (Å²) in [5.41, 5.74) is 1.95. The van der Waals surface area contributed by atoms with Gasteiger partial charge in [-0.15, -0.1) is 0 Å². The van der Waals surface area contributed by atoms with Crippen LogP contribution in [0.1, 0.15) is 29.3 Å². The zero-order valence-electron chi connectivity index (χ0n) is 18.9. The van der Waals surface area contributed by atoms with Gasteiger partial charge in [0, 0.05) is 17.7 Å². The van der Waals surface area contributed by atoms with Gasteiger partial charge in [0.2, 0.25) is 17.7 Å². The number of ketones is 1. The van der Waals surface area contributed by atoms with Gasteiger partial charge in [-0.05, 0) is 66.8 Å². The molecule has 2 bridgehead atoms. The molecule has 2 aromatic rings. The number of rotatable bonds is 6. The number of likely N-dealkylation sites (tertiary alicyclic amines) is 1. The van der Waals surface area contributed by atoms with E-state index in [0.717, 1.165) is 12.0 Å². The zero-order valence-corrected chi connectivity index (χ0v) is 18.9. The lowest BCUT2D eigenvalue weighted by atomic mass is 9.63. The highest BCUT2D eigenvalue weighted by Crippen LogP contribution is 2.65. The highest BCUT2D eigenvalue weighted by Gasteiger charge is 2.67. The van der Waals surface area contributed by atoms with Gasteiger partial charge in [0.15, 0.2) is 5.78 Å². The van der Waals surface area contributed by atoms with Crippen molar-refractivity contribution < 1.29 is 19.2 Å². The number of hydrogen-bond acceptors (Lipinski definition) is 4. The van der Waals surface area contributed by atoms with Crippen LogP contribution in [0.2, 0.25) is 0 Å². The number of allylic oxidation sites excluding steroid dienone is 2. The summed E-state index contributed by atoms with van der Waals surface area (Å²) in [6.07, 6.45) is 5.62. The molecule has 3 fully saturated rings. The molecule has 0 radical (unpaired) electrons. The van der Waals surface area contributed by atoms with Gasteiger partial charge in [-0.3, -0.25) is 24.1 Å². The SMILES string of the molecule is CC(=O)c1ccc(NC(=O)[C@@H](Cc2ccccc2)N2C(=O)[C@@H]3[C@@H]4C=C[C@H]([C@H]5C[C@H]45)[C@@H]3C2=O)cc1. The summed E-state index contributed by atoms with van der Waals surface area (Å²) in [6.45, 7) is 1.49. The molecule has 5 aliphatic rings. The molecule has 4 aliphatic carbocycles. The molecule has 34 heavy (non-hydrogen) atoms. The Hall–Kier alpha value is -3.54. The van der Waals surface area contributed by atoms with Crippen molar-refractivity contribution in [3.63, 3.8) is 0 Å². The first-order valence-electron chi connectivity index (χ1n) is 11.9. The summed E-state index contributed by atoms with van der Waals surface area (Å²) >= 11 is 0. The molecule has 1 heterocycles. The number of hydrogen-bond donors (Lipinski definition) is 1. The van der Waals surface area contributed by atoms with Crippen molar-refractivity contribution in [2.24, 2.45) is 35.5 Å². The number of imide groups is 1. The third kappa shape index (κ3) is 3.23. The lowest BCUT2D eigenvalue weighted by molar-refractivity contribution is -0.146. The Labute approximate surface area is 198 Å². The molecule has 7 rings (SSSR count). The van der Waals surface area contributed by atoms with E-state index in [1.54, 1.807) is 24.3 Å². The maximum atomic E-state index is 13.7. The molecule has 2 saturated carbocycles. The van der Waals surface area contributed by atoms with Crippen LogP contribution in [-0.4, -0.2) is 34.4 Å². The number of Topliss-reactive ketones (excluding diaryl/α,β-unsaturated/α-hetero) is 1. The fraction of sp³-hybridized carbons (Fsp3) is 0.357. The summed E-state index contributed by atoms with van der Waals surface area (Å²) < 4.78 is 0. The maximum Gasteiger partial charge on any atom is 0.248 e. The van der Waals surface area contributed by atoms with Crippen molar-refractivity contribution in [1.82, 2.24) is 4.90 Å². The van der Waals surface area contributed by atoms with E-state index in [9.17, 15) is 19.2 Å². The molecule has 3 amide bonds. The lowest BCUT2D eigenvalue weighted by Crippen LogP contribution is -2.49. The largest absolute Gasteiger partial charge is 0.324 e. The number of amides is 3. The van der Waals surface area contributed by atoms with Crippen LogP contribution in [0.4, 0.5) is 5.69 Å². The molecule has 7 atom stereocenters. The highest BCUT2D eigenvalue weighted by atomic mass is 16.2. The summed E-state index contributed by atoms with van der Waals surface area (Å²) in [4.78, 5) is 53.7. The first kappa shape index (κ1) is 21.0. The van der Waals surface area contributed by atoms with Gasteiger partial charge in [-0.25, -0.2) is 0 Å². The van der Waals surface area contributed by atoms with Crippen LogP contribution in [0.15, 0.2) is 66.7 Å². The predicted molar refractivity (Wildman–Crippen MR) is 126 cm³/mol. The van der Waals surface area contributed by atoms with Crippen LogP contribution < -0.4 is 5.32 Å². The smallest absolute Gasteiger partial charge is 0.248 e. The number of nitrogens with one attached hydrogen (secondary N) is 1. The molecule has 6 nitrogen and oxygen atoms in total. The Morgan fingerprint density at radius 3 is 2.06 bits per heavy atom. The molecule has 2 aromatic carbocycles. The fourth-order valence-corrected chi connectivity index (χ4v) is 6.44. The second-order valence-corrected chi connectivity index (χ2v) is 10.0. The van der Waals surface area contributed by atoms with Gasteiger partial charge in [0.05, 0.1) is 11.8 Å². The maximum absolute atomic E-state index is 13.7. The molecular formula is C28H26N2O4. The van der Waals surface area contributed by atoms with Crippen LogP contribution in [0.3, 0.4) is 0 Å². The van der Waals surface area contributed by atoms with Crippen LogP contribution in [0.5, 0.6) is 0 Å². The van der Waals surface area contributed by atoms with E-state index in [1.165, 1.54) is 11.8 Å². The predicted octanol–water partition coefficient (Wildman–Crippen LogP) is 3.49. The Kier molecular flexibility index (Phi) is 4.80. The minimum Gasteiger partial charge on any atom is -0.324 e. The zero-order chi connectivity index (χ0) is 23.6. The van der Waals surface area contributed by atoms with Crippen molar-refractivity contribution in [2.75, 3.05) is 5.32 Å². The molecule has 1 N–H and O–H groups in total. The molecule has 1 saturated heterocycles. The Morgan fingerprint density at radius 2 is 1.50 bits per heavy atom. The van der Waals surface area contributed by atoms with Gasteiger partial charge >= 0.3 is 0 Å². The standard InChI is InChI=1S/C28H26N2O4/c1-15(31)17-7-9-18(10-8-17)29-26(32)23(13-16-5-3-2-4-6-16)30-27(33)24-19-11-12-20(22-14-21(19)22)25(24)28(30)34/h2-12,19-25H,13-14H2,1H3,(H,29,32)/t19-,20-,21-,22-,23-,24-,25+/m1/s1. The van der Waals surface area contributed by atoms with Gasteiger partial charge in [0.25, 0.3) is 0 Å². The van der Waals surface area contributed by atoms with Gasteiger partial charge in [-0.1, -0.05) is 42.5 Å². The minimum atomic E-state index is -0.934. The summed E-state index contributed by atoms with van der Waals surface area (Å²) in [5, 5.41) is 2.87. The fourth-order valence-electron chi connectivity index (χ4n) is 6.44. The molecular weight excluding hydrogens is 428 g/mol. The molecule has 0 aromatic heterocycles. The van der Waals surface area contributed by atoms with E-state index >= 15 is 0 Å². The molecule has 0 spiro atoms. The van der Waals surface area contributed by atoms with E-state index in [0.29, 0.717) is 23.1 Å². The average Bonchev–Trinajstić information content (AvgIpc) is 3.62. The Balaban J connectivity index is 1.30. The number of anilines is 1.